The zero-order valence-electron chi connectivity index (χ0n) is 7.70. The van der Waals surface area contributed by atoms with Crippen LogP contribution < -0.4 is 4.72 Å². The monoisotopic (exact) mass is 278 g/mol. The zero-order valence-corrected chi connectivity index (χ0v) is 10.1. The lowest BCUT2D eigenvalue weighted by molar-refractivity contribution is 0.586. The molecule has 0 saturated carbocycles. The van der Waals surface area contributed by atoms with Crippen molar-refractivity contribution in [2.75, 3.05) is 4.66 Å². The summed E-state index contributed by atoms with van der Waals surface area (Å²) in [4.78, 5) is 3.92. The highest BCUT2D eigenvalue weighted by molar-refractivity contribution is 9.10. The molecule has 0 atom stereocenters. The highest BCUT2D eigenvalue weighted by Gasteiger charge is 2.07. The maximum Gasteiger partial charge on any atom is 0.221 e. The standard InChI is InChI=1S/C8H11BrN2O2S/c1-7-4-10-3-2-8(7)5-11-14(12,13)6-9/h2-4,11H,5-6H2,1H3. The minimum absolute atomic E-state index is 0.0792. The van der Waals surface area contributed by atoms with E-state index in [1.54, 1.807) is 18.5 Å². The van der Waals surface area contributed by atoms with Gasteiger partial charge in [0.25, 0.3) is 0 Å². The smallest absolute Gasteiger partial charge is 0.221 e. The second kappa shape index (κ2) is 4.86. The van der Waals surface area contributed by atoms with Gasteiger partial charge in [-0.1, -0.05) is 15.9 Å². The normalized spacial score (nSPS) is 11.6. The number of alkyl halides is 1. The summed E-state index contributed by atoms with van der Waals surface area (Å²) in [6.45, 7) is 2.20. The van der Waals surface area contributed by atoms with Gasteiger partial charge in [-0.15, -0.1) is 0 Å². The van der Waals surface area contributed by atoms with Crippen LogP contribution in [0.3, 0.4) is 0 Å². The van der Waals surface area contributed by atoms with Crippen molar-refractivity contribution in [2.24, 2.45) is 0 Å². The van der Waals surface area contributed by atoms with Gasteiger partial charge >= 0.3 is 0 Å². The number of nitrogens with zero attached hydrogens (tertiary/aromatic N) is 1. The van der Waals surface area contributed by atoms with Gasteiger partial charge in [0.05, 0.1) is 0 Å². The summed E-state index contributed by atoms with van der Waals surface area (Å²) < 4.78 is 24.6. The first-order chi connectivity index (χ1) is 6.55. The predicted octanol–water partition coefficient (Wildman–Crippen LogP) is 1.16. The van der Waals surface area contributed by atoms with Crippen molar-refractivity contribution in [3.8, 4) is 0 Å². The Balaban J connectivity index is 2.68. The van der Waals surface area contributed by atoms with Crippen molar-refractivity contribution in [1.29, 1.82) is 0 Å². The van der Waals surface area contributed by atoms with E-state index < -0.39 is 10.0 Å². The van der Waals surface area contributed by atoms with Crippen molar-refractivity contribution in [3.63, 3.8) is 0 Å². The van der Waals surface area contributed by atoms with Crippen LogP contribution in [0.15, 0.2) is 18.5 Å². The second-order valence-corrected chi connectivity index (χ2v) is 5.96. The van der Waals surface area contributed by atoms with E-state index in [-0.39, 0.29) is 4.66 Å². The second-order valence-electron chi connectivity index (χ2n) is 2.85. The van der Waals surface area contributed by atoms with Crippen LogP contribution in [0.1, 0.15) is 11.1 Å². The van der Waals surface area contributed by atoms with Crippen LogP contribution in [0, 0.1) is 6.92 Å². The number of hydrogen-bond acceptors (Lipinski definition) is 3. The zero-order chi connectivity index (χ0) is 10.6. The number of aryl methyl sites for hydroxylation is 1. The molecule has 0 amide bonds. The molecule has 0 aliphatic heterocycles. The lowest BCUT2D eigenvalue weighted by atomic mass is 10.2. The molecule has 0 unspecified atom stereocenters. The quantitative estimate of drug-likeness (QED) is 0.841. The number of sulfonamides is 1. The van der Waals surface area contributed by atoms with E-state index in [4.69, 9.17) is 0 Å². The van der Waals surface area contributed by atoms with E-state index in [1.165, 1.54) is 0 Å². The van der Waals surface area contributed by atoms with Gasteiger partial charge in [-0.3, -0.25) is 4.98 Å². The van der Waals surface area contributed by atoms with Gasteiger partial charge in [0, 0.05) is 18.9 Å². The molecule has 4 nitrogen and oxygen atoms in total. The summed E-state index contributed by atoms with van der Waals surface area (Å²) in [6.07, 6.45) is 3.35. The highest BCUT2D eigenvalue weighted by atomic mass is 79.9. The summed E-state index contributed by atoms with van der Waals surface area (Å²) in [7, 11) is -3.19. The van der Waals surface area contributed by atoms with Crippen LogP contribution in [-0.4, -0.2) is 18.1 Å². The highest BCUT2D eigenvalue weighted by Crippen LogP contribution is 2.05. The van der Waals surface area contributed by atoms with Crippen LogP contribution in [0.25, 0.3) is 0 Å². The summed E-state index contributed by atoms with van der Waals surface area (Å²) in [5.74, 6) is 0. The molecule has 0 fully saturated rings. The first-order valence-electron chi connectivity index (χ1n) is 3.98. The summed E-state index contributed by atoms with van der Waals surface area (Å²) in [5, 5.41) is 0. The van der Waals surface area contributed by atoms with E-state index in [9.17, 15) is 8.42 Å². The SMILES string of the molecule is Cc1cnccc1CNS(=O)(=O)CBr. The molecule has 78 valence electrons. The molecule has 1 aromatic heterocycles. The average Bonchev–Trinajstić information content (AvgIpc) is 2.17. The minimum Gasteiger partial charge on any atom is -0.264 e. The van der Waals surface area contributed by atoms with Gasteiger partial charge in [-0.2, -0.15) is 0 Å². The maximum atomic E-state index is 11.1. The van der Waals surface area contributed by atoms with E-state index in [1.807, 2.05) is 6.92 Å². The van der Waals surface area contributed by atoms with Gasteiger partial charge in [0.1, 0.15) is 4.66 Å². The Bertz CT molecular complexity index is 406. The van der Waals surface area contributed by atoms with Gasteiger partial charge in [-0.05, 0) is 24.1 Å². The fourth-order valence-electron chi connectivity index (χ4n) is 0.927. The van der Waals surface area contributed by atoms with Crippen molar-refractivity contribution in [1.82, 2.24) is 9.71 Å². The molecule has 14 heavy (non-hydrogen) atoms. The molecule has 0 aromatic carbocycles. The molecule has 6 heteroatoms. The Morgan fingerprint density at radius 3 is 2.86 bits per heavy atom. The molecule has 1 rings (SSSR count). The summed E-state index contributed by atoms with van der Waals surface area (Å²) in [5.41, 5.74) is 1.91. The molecule has 0 radical (unpaired) electrons. The van der Waals surface area contributed by atoms with Gasteiger partial charge in [0.15, 0.2) is 0 Å². The van der Waals surface area contributed by atoms with Gasteiger partial charge < -0.3 is 0 Å². The first-order valence-corrected chi connectivity index (χ1v) is 6.75. The maximum absolute atomic E-state index is 11.1. The number of rotatable bonds is 4. The molecule has 0 saturated heterocycles. The summed E-state index contributed by atoms with van der Waals surface area (Å²) in [6, 6.07) is 1.80. The summed E-state index contributed by atoms with van der Waals surface area (Å²) >= 11 is 2.90. The van der Waals surface area contributed by atoms with E-state index >= 15 is 0 Å². The average molecular weight is 279 g/mol. The molecule has 0 spiro atoms. The van der Waals surface area contributed by atoms with Crippen molar-refractivity contribution in [3.05, 3.63) is 29.6 Å². The Kier molecular flexibility index (Phi) is 4.03. The Morgan fingerprint density at radius 1 is 1.57 bits per heavy atom. The van der Waals surface area contributed by atoms with Crippen LogP contribution >= 0.6 is 15.9 Å². The molecule has 1 N–H and O–H groups in total. The van der Waals surface area contributed by atoms with Crippen LogP contribution in [0.5, 0.6) is 0 Å². The molecule has 1 heterocycles. The van der Waals surface area contributed by atoms with Crippen LogP contribution in [-0.2, 0) is 16.6 Å². The molecule has 1 aromatic rings. The first kappa shape index (κ1) is 11.6. The molecular weight excluding hydrogens is 268 g/mol. The number of halogens is 1. The van der Waals surface area contributed by atoms with Crippen LogP contribution in [0.2, 0.25) is 0 Å². The third-order valence-corrected chi connectivity index (χ3v) is 4.44. The third kappa shape index (κ3) is 3.36. The number of nitrogens with one attached hydrogen (secondary N) is 1. The Labute approximate surface area is 91.9 Å². The molecule has 0 bridgehead atoms. The van der Waals surface area contributed by atoms with Crippen LogP contribution in [0.4, 0.5) is 0 Å². The lowest BCUT2D eigenvalue weighted by Gasteiger charge is -2.05. The minimum atomic E-state index is -3.19. The number of pyridine rings is 1. The largest absolute Gasteiger partial charge is 0.264 e. The van der Waals surface area contributed by atoms with Crippen molar-refractivity contribution < 1.29 is 8.42 Å². The van der Waals surface area contributed by atoms with Crippen molar-refractivity contribution >= 4 is 26.0 Å². The van der Waals surface area contributed by atoms with Gasteiger partial charge in [-0.25, -0.2) is 13.1 Å². The lowest BCUT2D eigenvalue weighted by Crippen LogP contribution is -2.24. The Morgan fingerprint density at radius 2 is 2.29 bits per heavy atom. The Hall–Kier alpha value is -0.460. The van der Waals surface area contributed by atoms with Gasteiger partial charge in [0.2, 0.25) is 10.0 Å². The fourth-order valence-corrected chi connectivity index (χ4v) is 1.87. The van der Waals surface area contributed by atoms with E-state index in [0.29, 0.717) is 6.54 Å². The van der Waals surface area contributed by atoms with E-state index in [0.717, 1.165) is 11.1 Å². The predicted molar refractivity (Wildman–Crippen MR) is 58.5 cm³/mol. The molecule has 0 aliphatic rings. The number of aromatic nitrogens is 1. The molecular formula is C8H11BrN2O2S. The molecule has 0 aliphatic carbocycles. The fraction of sp³-hybridized carbons (Fsp3) is 0.375. The van der Waals surface area contributed by atoms with Crippen molar-refractivity contribution in [2.45, 2.75) is 13.5 Å². The van der Waals surface area contributed by atoms with E-state index in [2.05, 4.69) is 25.6 Å². The number of hydrogen-bond donors (Lipinski definition) is 1. The topological polar surface area (TPSA) is 59.1 Å². The third-order valence-electron chi connectivity index (χ3n) is 1.76.